The van der Waals surface area contributed by atoms with Gasteiger partial charge in [-0.1, -0.05) is 13.8 Å². The molecule has 0 amide bonds. The van der Waals surface area contributed by atoms with E-state index in [4.69, 9.17) is 10.5 Å². The molecule has 0 bridgehead atoms. The van der Waals surface area contributed by atoms with Gasteiger partial charge in [0.25, 0.3) is 0 Å². The molecule has 4 heteroatoms. The number of hydrogen-bond donors (Lipinski definition) is 1. The Morgan fingerprint density at radius 3 is 2.47 bits per heavy atom. The van der Waals surface area contributed by atoms with Gasteiger partial charge in [0.2, 0.25) is 5.88 Å². The maximum absolute atomic E-state index is 5.90. The Bertz CT molecular complexity index is 433. The number of rotatable bonds is 3. The summed E-state index contributed by atoms with van der Waals surface area (Å²) in [5.41, 5.74) is 6.96. The average Bonchev–Trinajstić information content (AvgIpc) is 2.32. The van der Waals surface area contributed by atoms with Gasteiger partial charge in [0.05, 0.1) is 11.8 Å². The number of aromatic nitrogens is 1. The first kappa shape index (κ1) is 14.0. The predicted octanol–water partition coefficient (Wildman–Crippen LogP) is 3.08. The van der Waals surface area contributed by atoms with E-state index >= 15 is 0 Å². The number of nitrogen functional groups attached to an aromatic ring is 1. The molecule has 2 N–H and O–H groups in total. The van der Waals surface area contributed by atoms with Gasteiger partial charge >= 0.3 is 0 Å². The lowest BCUT2D eigenvalue weighted by atomic mass is 9.83. The number of pyridine rings is 1. The molecule has 1 fully saturated rings. The molecule has 0 spiro atoms. The molecular formula is C15H25N3O. The topological polar surface area (TPSA) is 51.4 Å². The van der Waals surface area contributed by atoms with Gasteiger partial charge in [0, 0.05) is 13.1 Å². The number of nitrogens with two attached hydrogens (primary N) is 1. The predicted molar refractivity (Wildman–Crippen MR) is 79.6 cm³/mol. The molecule has 1 aromatic rings. The quantitative estimate of drug-likeness (QED) is 0.910. The van der Waals surface area contributed by atoms with E-state index in [1.165, 1.54) is 12.8 Å². The van der Waals surface area contributed by atoms with Gasteiger partial charge in [0.1, 0.15) is 5.82 Å². The smallest absolute Gasteiger partial charge is 0.239 e. The van der Waals surface area contributed by atoms with Crippen molar-refractivity contribution in [3.05, 3.63) is 12.1 Å². The van der Waals surface area contributed by atoms with Gasteiger partial charge < -0.3 is 15.4 Å². The maximum atomic E-state index is 5.90. The van der Waals surface area contributed by atoms with Crippen molar-refractivity contribution in [1.29, 1.82) is 0 Å². The van der Waals surface area contributed by atoms with E-state index in [-0.39, 0.29) is 6.10 Å². The molecule has 1 aliphatic rings. The summed E-state index contributed by atoms with van der Waals surface area (Å²) in [6, 6.07) is 3.88. The Balaban J connectivity index is 2.13. The third-order valence-electron chi connectivity index (χ3n) is 3.66. The number of hydrogen-bond acceptors (Lipinski definition) is 4. The van der Waals surface area contributed by atoms with Crippen LogP contribution in [0.3, 0.4) is 0 Å². The third kappa shape index (κ3) is 3.52. The van der Waals surface area contributed by atoms with Gasteiger partial charge in [-0.25, -0.2) is 0 Å². The van der Waals surface area contributed by atoms with Crippen LogP contribution in [0.15, 0.2) is 12.1 Å². The minimum atomic E-state index is 0.0883. The molecule has 106 valence electrons. The van der Waals surface area contributed by atoms with Crippen LogP contribution in [0, 0.1) is 5.41 Å². The first-order chi connectivity index (χ1) is 8.87. The molecule has 4 nitrogen and oxygen atoms in total. The summed E-state index contributed by atoms with van der Waals surface area (Å²) in [7, 11) is 0. The number of piperidine rings is 1. The molecular weight excluding hydrogens is 238 g/mol. The van der Waals surface area contributed by atoms with Crippen molar-refractivity contribution in [1.82, 2.24) is 4.98 Å². The van der Waals surface area contributed by atoms with E-state index in [9.17, 15) is 0 Å². The minimum absolute atomic E-state index is 0.0883. The fourth-order valence-corrected chi connectivity index (χ4v) is 2.28. The zero-order valence-corrected chi connectivity index (χ0v) is 12.4. The van der Waals surface area contributed by atoms with Crippen LogP contribution < -0.4 is 15.4 Å². The summed E-state index contributed by atoms with van der Waals surface area (Å²) >= 11 is 0. The average molecular weight is 263 g/mol. The highest BCUT2D eigenvalue weighted by atomic mass is 16.5. The highest BCUT2D eigenvalue weighted by molar-refractivity contribution is 5.54. The lowest BCUT2D eigenvalue weighted by molar-refractivity contribution is 0.233. The van der Waals surface area contributed by atoms with Gasteiger partial charge in [-0.3, -0.25) is 0 Å². The summed E-state index contributed by atoms with van der Waals surface area (Å²) in [5, 5.41) is 0. The highest BCUT2D eigenvalue weighted by Gasteiger charge is 2.26. The molecule has 0 saturated carbocycles. The van der Waals surface area contributed by atoms with E-state index < -0.39 is 0 Å². The molecule has 2 rings (SSSR count). The minimum Gasteiger partial charge on any atom is -0.473 e. The Labute approximate surface area is 116 Å². The van der Waals surface area contributed by atoms with Gasteiger partial charge in [0.15, 0.2) is 0 Å². The van der Waals surface area contributed by atoms with Crippen molar-refractivity contribution in [3.63, 3.8) is 0 Å². The van der Waals surface area contributed by atoms with Gasteiger partial charge in [-0.2, -0.15) is 4.98 Å². The van der Waals surface area contributed by atoms with E-state index in [0.717, 1.165) is 18.9 Å². The first-order valence-electron chi connectivity index (χ1n) is 7.05. The molecule has 2 heterocycles. The molecule has 1 aliphatic heterocycles. The van der Waals surface area contributed by atoms with Crippen LogP contribution in [0.4, 0.5) is 11.5 Å². The third-order valence-corrected chi connectivity index (χ3v) is 3.66. The van der Waals surface area contributed by atoms with Crippen molar-refractivity contribution in [2.45, 2.75) is 46.6 Å². The fraction of sp³-hybridized carbons (Fsp3) is 0.667. The Morgan fingerprint density at radius 1 is 1.26 bits per heavy atom. The summed E-state index contributed by atoms with van der Waals surface area (Å²) < 4.78 is 5.65. The number of anilines is 2. The molecule has 1 aromatic heterocycles. The van der Waals surface area contributed by atoms with E-state index in [1.807, 2.05) is 26.0 Å². The molecule has 0 unspecified atom stereocenters. The summed E-state index contributed by atoms with van der Waals surface area (Å²) in [6.07, 6.45) is 2.48. The Morgan fingerprint density at radius 2 is 1.89 bits per heavy atom. The summed E-state index contributed by atoms with van der Waals surface area (Å²) in [6.45, 7) is 10.7. The number of nitrogens with zero attached hydrogens (tertiary/aromatic N) is 2. The maximum Gasteiger partial charge on any atom is 0.239 e. The molecule has 0 aromatic carbocycles. The van der Waals surface area contributed by atoms with Crippen molar-refractivity contribution in [2.24, 2.45) is 5.41 Å². The Kier molecular flexibility index (Phi) is 3.88. The van der Waals surface area contributed by atoms with Crippen molar-refractivity contribution < 1.29 is 4.74 Å². The van der Waals surface area contributed by atoms with Crippen LogP contribution in [-0.4, -0.2) is 24.2 Å². The highest BCUT2D eigenvalue weighted by Crippen LogP contribution is 2.32. The zero-order valence-electron chi connectivity index (χ0n) is 12.4. The van der Waals surface area contributed by atoms with Crippen molar-refractivity contribution in [3.8, 4) is 5.88 Å². The van der Waals surface area contributed by atoms with Gasteiger partial charge in [-0.15, -0.1) is 0 Å². The van der Waals surface area contributed by atoms with Crippen LogP contribution >= 0.6 is 0 Å². The lowest BCUT2D eigenvalue weighted by Gasteiger charge is -2.37. The molecule has 0 atom stereocenters. The first-order valence-corrected chi connectivity index (χ1v) is 7.05. The number of ether oxygens (including phenoxy) is 1. The van der Waals surface area contributed by atoms with E-state index in [2.05, 4.69) is 23.7 Å². The van der Waals surface area contributed by atoms with Gasteiger partial charge in [-0.05, 0) is 44.2 Å². The molecule has 0 aliphatic carbocycles. The second kappa shape index (κ2) is 5.27. The van der Waals surface area contributed by atoms with E-state index in [0.29, 0.717) is 17.0 Å². The fourth-order valence-electron chi connectivity index (χ4n) is 2.28. The molecule has 0 radical (unpaired) electrons. The van der Waals surface area contributed by atoms with Crippen molar-refractivity contribution >= 4 is 11.5 Å². The van der Waals surface area contributed by atoms with E-state index in [1.54, 1.807) is 0 Å². The zero-order chi connectivity index (χ0) is 14.0. The second-order valence-corrected chi connectivity index (χ2v) is 6.38. The van der Waals surface area contributed by atoms with Crippen LogP contribution in [0.1, 0.15) is 40.5 Å². The largest absolute Gasteiger partial charge is 0.473 e. The van der Waals surface area contributed by atoms with Crippen LogP contribution in [0.2, 0.25) is 0 Å². The van der Waals surface area contributed by atoms with Crippen LogP contribution in [0.5, 0.6) is 5.88 Å². The second-order valence-electron chi connectivity index (χ2n) is 6.38. The molecule has 19 heavy (non-hydrogen) atoms. The van der Waals surface area contributed by atoms with Crippen molar-refractivity contribution in [2.75, 3.05) is 23.7 Å². The molecule has 1 saturated heterocycles. The normalized spacial score (nSPS) is 18.7. The Hall–Kier alpha value is -1.45. The summed E-state index contributed by atoms with van der Waals surface area (Å²) in [5.74, 6) is 1.53. The SMILES string of the molecule is CC(C)Oc1nc(N2CCC(C)(C)CC2)ccc1N. The van der Waals surface area contributed by atoms with Crippen LogP contribution in [-0.2, 0) is 0 Å². The summed E-state index contributed by atoms with van der Waals surface area (Å²) in [4.78, 5) is 6.88. The van der Waals surface area contributed by atoms with Crippen LogP contribution in [0.25, 0.3) is 0 Å². The monoisotopic (exact) mass is 263 g/mol. The lowest BCUT2D eigenvalue weighted by Crippen LogP contribution is -2.37. The standard InChI is InChI=1S/C15H25N3O/c1-11(2)19-14-12(16)5-6-13(17-14)18-9-7-15(3,4)8-10-18/h5-6,11H,7-10,16H2,1-4H3.